The summed E-state index contributed by atoms with van der Waals surface area (Å²) < 4.78 is 16.3. The molecule has 1 unspecified atom stereocenters. The molecule has 3 nitrogen and oxygen atoms in total. The molecule has 1 atom stereocenters. The van der Waals surface area contributed by atoms with Gasteiger partial charge in [0.1, 0.15) is 11.9 Å². The van der Waals surface area contributed by atoms with Crippen molar-refractivity contribution >= 4 is 15.9 Å². The van der Waals surface area contributed by atoms with E-state index in [1.54, 1.807) is 23.0 Å². The molecule has 0 fully saturated rings. The van der Waals surface area contributed by atoms with Crippen molar-refractivity contribution in [3.63, 3.8) is 0 Å². The van der Waals surface area contributed by atoms with E-state index in [9.17, 15) is 9.50 Å². The van der Waals surface area contributed by atoms with Gasteiger partial charge in [0, 0.05) is 11.6 Å². The summed E-state index contributed by atoms with van der Waals surface area (Å²) >= 11 is 3.36. The van der Waals surface area contributed by atoms with Crippen molar-refractivity contribution in [1.82, 2.24) is 9.78 Å². The number of aromatic nitrogens is 2. The summed E-state index contributed by atoms with van der Waals surface area (Å²) in [6.45, 7) is 5.73. The van der Waals surface area contributed by atoms with Crippen molar-refractivity contribution in [2.75, 3.05) is 0 Å². The Bertz CT molecular complexity index is 595. The molecule has 19 heavy (non-hydrogen) atoms. The van der Waals surface area contributed by atoms with Gasteiger partial charge in [-0.05, 0) is 48.3 Å². The molecule has 1 heterocycles. The molecule has 0 amide bonds. The second-order valence-corrected chi connectivity index (χ2v) is 5.70. The number of hydrogen-bond acceptors (Lipinski definition) is 2. The van der Waals surface area contributed by atoms with Gasteiger partial charge in [-0.2, -0.15) is 5.10 Å². The van der Waals surface area contributed by atoms with E-state index in [2.05, 4.69) is 21.0 Å². The zero-order valence-electron chi connectivity index (χ0n) is 11.1. The molecule has 1 aromatic carbocycles. The zero-order valence-corrected chi connectivity index (χ0v) is 12.6. The lowest BCUT2D eigenvalue weighted by Crippen LogP contribution is -2.13. The highest BCUT2D eigenvalue weighted by Crippen LogP contribution is 2.31. The van der Waals surface area contributed by atoms with Crippen LogP contribution in [0.4, 0.5) is 4.39 Å². The number of benzene rings is 1. The molecule has 5 heteroatoms. The van der Waals surface area contributed by atoms with Crippen LogP contribution in [0, 0.1) is 12.7 Å². The molecular formula is C14H16BrFN2O. The van der Waals surface area contributed by atoms with Gasteiger partial charge in [0.05, 0.1) is 16.4 Å². The third-order valence-corrected chi connectivity index (χ3v) is 3.60. The highest BCUT2D eigenvalue weighted by molar-refractivity contribution is 9.10. The maximum atomic E-state index is 14.0. The largest absolute Gasteiger partial charge is 0.382 e. The minimum absolute atomic E-state index is 0.0875. The average Bonchev–Trinajstić information content (AvgIpc) is 2.70. The standard InChI is InChI=1S/C14H16BrFN2O/c1-8(2)18-13(11(15)7-17-18)14(19)10-5-4-9(3)6-12(10)16/h4-8,14,19H,1-3H3. The Morgan fingerprint density at radius 3 is 2.63 bits per heavy atom. The first-order valence-corrected chi connectivity index (χ1v) is 6.88. The van der Waals surface area contributed by atoms with E-state index in [1.807, 2.05) is 20.8 Å². The van der Waals surface area contributed by atoms with Crippen LogP contribution in [-0.4, -0.2) is 14.9 Å². The highest BCUT2D eigenvalue weighted by atomic mass is 79.9. The van der Waals surface area contributed by atoms with Crippen molar-refractivity contribution in [2.45, 2.75) is 32.9 Å². The number of rotatable bonds is 3. The fourth-order valence-corrected chi connectivity index (χ4v) is 2.51. The molecular weight excluding hydrogens is 311 g/mol. The van der Waals surface area contributed by atoms with Crippen LogP contribution < -0.4 is 0 Å². The van der Waals surface area contributed by atoms with Crippen LogP contribution in [0.3, 0.4) is 0 Å². The lowest BCUT2D eigenvalue weighted by atomic mass is 10.0. The first-order chi connectivity index (χ1) is 8.91. The molecule has 0 bridgehead atoms. The molecule has 0 spiro atoms. The van der Waals surface area contributed by atoms with Crippen molar-refractivity contribution in [2.24, 2.45) is 0 Å². The van der Waals surface area contributed by atoms with E-state index in [0.29, 0.717) is 10.2 Å². The minimum Gasteiger partial charge on any atom is -0.382 e. The van der Waals surface area contributed by atoms with Gasteiger partial charge >= 0.3 is 0 Å². The van der Waals surface area contributed by atoms with Crippen LogP contribution in [0.2, 0.25) is 0 Å². The maximum Gasteiger partial charge on any atom is 0.129 e. The number of aliphatic hydroxyl groups is 1. The SMILES string of the molecule is Cc1ccc(C(O)c2c(Br)cnn2C(C)C)c(F)c1. The van der Waals surface area contributed by atoms with E-state index in [4.69, 9.17) is 0 Å². The third kappa shape index (κ3) is 2.72. The van der Waals surface area contributed by atoms with E-state index in [-0.39, 0.29) is 11.6 Å². The molecule has 0 aliphatic heterocycles. The Morgan fingerprint density at radius 2 is 2.05 bits per heavy atom. The van der Waals surface area contributed by atoms with Gasteiger partial charge in [-0.25, -0.2) is 4.39 Å². The van der Waals surface area contributed by atoms with Crippen molar-refractivity contribution in [1.29, 1.82) is 0 Å². The molecule has 0 aliphatic rings. The average molecular weight is 327 g/mol. The number of aryl methyl sites for hydroxylation is 1. The summed E-state index contributed by atoms with van der Waals surface area (Å²) in [5.74, 6) is -0.407. The molecule has 102 valence electrons. The second-order valence-electron chi connectivity index (χ2n) is 4.84. The summed E-state index contributed by atoms with van der Waals surface area (Å²) in [5.41, 5.74) is 1.65. The van der Waals surface area contributed by atoms with Gasteiger partial charge in [0.25, 0.3) is 0 Å². The topological polar surface area (TPSA) is 38.1 Å². The first-order valence-electron chi connectivity index (χ1n) is 6.08. The number of aliphatic hydroxyl groups excluding tert-OH is 1. The van der Waals surface area contributed by atoms with Gasteiger partial charge in [-0.1, -0.05) is 12.1 Å². The van der Waals surface area contributed by atoms with Crippen molar-refractivity contribution in [3.05, 3.63) is 51.5 Å². The van der Waals surface area contributed by atoms with Crippen LogP contribution in [-0.2, 0) is 0 Å². The number of halogens is 2. The van der Waals surface area contributed by atoms with Gasteiger partial charge in [0.15, 0.2) is 0 Å². The van der Waals surface area contributed by atoms with E-state index in [1.165, 1.54) is 6.07 Å². The smallest absolute Gasteiger partial charge is 0.129 e. The van der Waals surface area contributed by atoms with E-state index in [0.717, 1.165) is 5.56 Å². The maximum absolute atomic E-state index is 14.0. The van der Waals surface area contributed by atoms with Crippen molar-refractivity contribution < 1.29 is 9.50 Å². The summed E-state index contributed by atoms with van der Waals surface area (Å²) in [7, 11) is 0. The highest BCUT2D eigenvalue weighted by Gasteiger charge is 2.23. The van der Waals surface area contributed by atoms with E-state index >= 15 is 0 Å². The molecule has 1 N–H and O–H groups in total. The van der Waals surface area contributed by atoms with E-state index < -0.39 is 11.9 Å². The first kappa shape index (κ1) is 14.2. The van der Waals surface area contributed by atoms with Gasteiger partial charge in [-0.15, -0.1) is 0 Å². The van der Waals surface area contributed by atoms with Crippen LogP contribution in [0.25, 0.3) is 0 Å². The van der Waals surface area contributed by atoms with Crippen LogP contribution in [0.15, 0.2) is 28.9 Å². The Kier molecular flexibility index (Phi) is 4.06. The van der Waals surface area contributed by atoms with Crippen LogP contribution in [0.1, 0.15) is 42.8 Å². The number of hydrogen-bond donors (Lipinski definition) is 1. The Hall–Kier alpha value is -1.20. The monoisotopic (exact) mass is 326 g/mol. The quantitative estimate of drug-likeness (QED) is 0.932. The summed E-state index contributed by atoms with van der Waals surface area (Å²) in [4.78, 5) is 0. The Balaban J connectivity index is 2.49. The normalized spacial score (nSPS) is 13.0. The lowest BCUT2D eigenvalue weighted by molar-refractivity contribution is 0.199. The molecule has 0 saturated carbocycles. The molecule has 2 aromatic rings. The Morgan fingerprint density at radius 1 is 1.37 bits per heavy atom. The predicted octanol–water partition coefficient (Wildman–Crippen LogP) is 3.76. The van der Waals surface area contributed by atoms with Gasteiger partial charge in [0.2, 0.25) is 0 Å². The van der Waals surface area contributed by atoms with Crippen molar-refractivity contribution in [3.8, 4) is 0 Å². The minimum atomic E-state index is -1.04. The van der Waals surface area contributed by atoms with Crippen LogP contribution >= 0.6 is 15.9 Å². The van der Waals surface area contributed by atoms with Crippen LogP contribution in [0.5, 0.6) is 0 Å². The fraction of sp³-hybridized carbons (Fsp3) is 0.357. The second kappa shape index (κ2) is 5.43. The molecule has 0 radical (unpaired) electrons. The molecule has 1 aromatic heterocycles. The van der Waals surface area contributed by atoms with Gasteiger partial charge in [-0.3, -0.25) is 4.68 Å². The molecule has 0 aliphatic carbocycles. The molecule has 0 saturated heterocycles. The Labute approximate surface area is 120 Å². The fourth-order valence-electron chi connectivity index (χ4n) is 2.02. The predicted molar refractivity (Wildman–Crippen MR) is 75.5 cm³/mol. The third-order valence-electron chi connectivity index (χ3n) is 2.99. The molecule has 2 rings (SSSR count). The summed E-state index contributed by atoms with van der Waals surface area (Å²) in [6, 6.07) is 4.90. The lowest BCUT2D eigenvalue weighted by Gasteiger charge is -2.17. The zero-order chi connectivity index (χ0) is 14.2. The summed E-state index contributed by atoms with van der Waals surface area (Å²) in [5, 5.41) is 14.6. The number of nitrogens with zero attached hydrogens (tertiary/aromatic N) is 2. The summed E-state index contributed by atoms with van der Waals surface area (Å²) in [6.07, 6.45) is 0.574. The van der Waals surface area contributed by atoms with Gasteiger partial charge < -0.3 is 5.11 Å².